The molecule has 0 aliphatic carbocycles. The van der Waals surface area contributed by atoms with Crippen molar-refractivity contribution in [2.45, 2.75) is 13.3 Å². The van der Waals surface area contributed by atoms with Gasteiger partial charge >= 0.3 is 0 Å². The van der Waals surface area contributed by atoms with Crippen LogP contribution >= 0.6 is 0 Å². The highest BCUT2D eigenvalue weighted by molar-refractivity contribution is 5.11. The van der Waals surface area contributed by atoms with Crippen LogP contribution in [0.15, 0.2) is 12.4 Å². The van der Waals surface area contributed by atoms with E-state index in [1.165, 1.54) is 0 Å². The fourth-order valence-corrected chi connectivity index (χ4v) is 0.894. The number of hydrogen-bond acceptors (Lipinski definition) is 4. The van der Waals surface area contributed by atoms with E-state index in [0.29, 0.717) is 6.61 Å². The molecule has 0 saturated heterocycles. The van der Waals surface area contributed by atoms with Crippen LogP contribution in [0, 0.1) is 6.92 Å². The van der Waals surface area contributed by atoms with Gasteiger partial charge in [-0.15, -0.1) is 0 Å². The third-order valence-corrected chi connectivity index (χ3v) is 1.60. The largest absolute Gasteiger partial charge is 0.490 e. The Morgan fingerprint density at radius 3 is 2.69 bits per heavy atom. The number of rotatable bonds is 5. The molecule has 0 unspecified atom stereocenters. The summed E-state index contributed by atoms with van der Waals surface area (Å²) in [7, 11) is 1.93. The molecule has 1 rings (SSSR count). The number of hydrogen-bond donors (Lipinski definition) is 1. The lowest BCUT2D eigenvalue weighted by molar-refractivity contribution is 0.307. The molecule has 4 nitrogen and oxygen atoms in total. The van der Waals surface area contributed by atoms with Crippen molar-refractivity contribution >= 4 is 0 Å². The second kappa shape index (κ2) is 5.48. The van der Waals surface area contributed by atoms with Crippen molar-refractivity contribution in [2.75, 3.05) is 20.2 Å². The smallest absolute Gasteiger partial charge is 0.155 e. The third kappa shape index (κ3) is 3.85. The van der Waals surface area contributed by atoms with Gasteiger partial charge in [0.25, 0.3) is 0 Å². The van der Waals surface area contributed by atoms with E-state index in [1.54, 1.807) is 12.4 Å². The molecule has 13 heavy (non-hydrogen) atoms. The minimum absolute atomic E-state index is 0.702. The number of nitrogens with one attached hydrogen (secondary N) is 1. The molecule has 0 aliphatic heterocycles. The highest BCUT2D eigenvalue weighted by Crippen LogP contribution is 2.05. The summed E-state index contributed by atoms with van der Waals surface area (Å²) in [6.45, 7) is 3.52. The molecule has 0 fully saturated rings. The Balaban J connectivity index is 2.25. The van der Waals surface area contributed by atoms with Crippen LogP contribution in [0.3, 0.4) is 0 Å². The minimum Gasteiger partial charge on any atom is -0.490 e. The Kier molecular flexibility index (Phi) is 4.18. The van der Waals surface area contributed by atoms with Crippen molar-refractivity contribution in [1.29, 1.82) is 0 Å². The Morgan fingerprint density at radius 2 is 2.08 bits per heavy atom. The van der Waals surface area contributed by atoms with Gasteiger partial charge in [-0.05, 0) is 26.9 Å². The van der Waals surface area contributed by atoms with Crippen LogP contribution in [-0.4, -0.2) is 30.2 Å². The fraction of sp³-hybridized carbons (Fsp3) is 0.556. The summed E-state index contributed by atoms with van der Waals surface area (Å²) in [5.74, 6) is 1.50. The summed E-state index contributed by atoms with van der Waals surface area (Å²) in [6, 6.07) is 0. The third-order valence-electron chi connectivity index (χ3n) is 1.60. The number of aryl methyl sites for hydroxylation is 1. The molecule has 1 N–H and O–H groups in total. The van der Waals surface area contributed by atoms with Gasteiger partial charge in [0.15, 0.2) is 5.75 Å². The summed E-state index contributed by atoms with van der Waals surface area (Å²) in [5, 5.41) is 3.05. The highest BCUT2D eigenvalue weighted by Gasteiger charge is 1.93. The maximum absolute atomic E-state index is 5.40. The van der Waals surface area contributed by atoms with E-state index in [2.05, 4.69) is 15.3 Å². The lowest BCUT2D eigenvalue weighted by Crippen LogP contribution is -2.11. The maximum Gasteiger partial charge on any atom is 0.155 e. The molecule has 1 aromatic heterocycles. The molecule has 0 amide bonds. The first kappa shape index (κ1) is 9.92. The van der Waals surface area contributed by atoms with E-state index in [4.69, 9.17) is 4.74 Å². The second-order valence-corrected chi connectivity index (χ2v) is 2.77. The highest BCUT2D eigenvalue weighted by atomic mass is 16.5. The number of nitrogens with zero attached hydrogens (tertiary/aromatic N) is 2. The Hall–Kier alpha value is -1.16. The van der Waals surface area contributed by atoms with Gasteiger partial charge in [0.1, 0.15) is 5.82 Å². The Labute approximate surface area is 78.4 Å². The molecule has 4 heteroatoms. The fourth-order valence-electron chi connectivity index (χ4n) is 0.894. The van der Waals surface area contributed by atoms with Crippen LogP contribution in [0.4, 0.5) is 0 Å². The standard InChI is InChI=1S/C9H15N3O/c1-8-11-6-9(7-12-8)13-5-3-4-10-2/h6-7,10H,3-5H2,1-2H3. The lowest BCUT2D eigenvalue weighted by atomic mass is 10.4. The zero-order chi connectivity index (χ0) is 9.52. The van der Waals surface area contributed by atoms with E-state index in [-0.39, 0.29) is 0 Å². The van der Waals surface area contributed by atoms with Gasteiger partial charge in [0, 0.05) is 0 Å². The summed E-state index contributed by atoms with van der Waals surface area (Å²) in [5.41, 5.74) is 0. The normalized spacial score (nSPS) is 10.0. The molecule has 72 valence electrons. The molecule has 1 heterocycles. The van der Waals surface area contributed by atoms with Gasteiger partial charge in [-0.25, -0.2) is 9.97 Å². The average Bonchev–Trinajstić information content (AvgIpc) is 2.15. The first-order valence-corrected chi connectivity index (χ1v) is 4.39. The van der Waals surface area contributed by atoms with Gasteiger partial charge in [-0.1, -0.05) is 0 Å². The predicted molar refractivity (Wildman–Crippen MR) is 50.8 cm³/mol. The molecule has 0 aliphatic rings. The molecule has 0 spiro atoms. The first-order chi connectivity index (χ1) is 6.33. The number of ether oxygens (including phenoxy) is 1. The zero-order valence-corrected chi connectivity index (χ0v) is 8.08. The van der Waals surface area contributed by atoms with E-state index >= 15 is 0 Å². The van der Waals surface area contributed by atoms with Gasteiger partial charge in [0.2, 0.25) is 0 Å². The molecule has 0 saturated carbocycles. The van der Waals surface area contributed by atoms with Crippen molar-refractivity contribution in [2.24, 2.45) is 0 Å². The topological polar surface area (TPSA) is 47.0 Å². The lowest BCUT2D eigenvalue weighted by Gasteiger charge is -2.04. The quantitative estimate of drug-likeness (QED) is 0.682. The van der Waals surface area contributed by atoms with Gasteiger partial charge in [0.05, 0.1) is 19.0 Å². The summed E-state index contributed by atoms with van der Waals surface area (Å²) < 4.78 is 5.40. The summed E-state index contributed by atoms with van der Waals surface area (Å²) >= 11 is 0. The van der Waals surface area contributed by atoms with Crippen molar-refractivity contribution < 1.29 is 4.74 Å². The molecular formula is C9H15N3O. The summed E-state index contributed by atoms with van der Waals surface area (Å²) in [4.78, 5) is 8.05. The van der Waals surface area contributed by atoms with E-state index in [1.807, 2.05) is 14.0 Å². The summed E-state index contributed by atoms with van der Waals surface area (Å²) in [6.07, 6.45) is 4.38. The molecule has 0 radical (unpaired) electrons. The average molecular weight is 181 g/mol. The molecule has 0 bridgehead atoms. The predicted octanol–water partition coefficient (Wildman–Crippen LogP) is 0.773. The van der Waals surface area contributed by atoms with Crippen LogP contribution in [0.2, 0.25) is 0 Å². The van der Waals surface area contributed by atoms with Gasteiger partial charge in [-0.2, -0.15) is 0 Å². The maximum atomic E-state index is 5.40. The van der Waals surface area contributed by atoms with Crippen molar-refractivity contribution in [1.82, 2.24) is 15.3 Å². The van der Waals surface area contributed by atoms with Crippen molar-refractivity contribution in [3.05, 3.63) is 18.2 Å². The first-order valence-electron chi connectivity index (χ1n) is 4.39. The van der Waals surface area contributed by atoms with Crippen molar-refractivity contribution in [3.8, 4) is 5.75 Å². The van der Waals surface area contributed by atoms with E-state index in [9.17, 15) is 0 Å². The van der Waals surface area contributed by atoms with Crippen LogP contribution < -0.4 is 10.1 Å². The SMILES string of the molecule is CNCCCOc1cnc(C)nc1. The van der Waals surface area contributed by atoms with Crippen LogP contribution in [-0.2, 0) is 0 Å². The zero-order valence-electron chi connectivity index (χ0n) is 8.08. The Bertz CT molecular complexity index is 235. The van der Waals surface area contributed by atoms with Crippen molar-refractivity contribution in [3.63, 3.8) is 0 Å². The Morgan fingerprint density at radius 1 is 1.38 bits per heavy atom. The van der Waals surface area contributed by atoms with Gasteiger partial charge < -0.3 is 10.1 Å². The van der Waals surface area contributed by atoms with E-state index in [0.717, 1.165) is 24.5 Å². The van der Waals surface area contributed by atoms with E-state index < -0.39 is 0 Å². The van der Waals surface area contributed by atoms with Crippen LogP contribution in [0.1, 0.15) is 12.2 Å². The second-order valence-electron chi connectivity index (χ2n) is 2.77. The molecule has 1 aromatic rings. The monoisotopic (exact) mass is 181 g/mol. The minimum atomic E-state index is 0.702. The van der Waals surface area contributed by atoms with Crippen LogP contribution in [0.5, 0.6) is 5.75 Å². The molecular weight excluding hydrogens is 166 g/mol. The molecule has 0 aromatic carbocycles. The van der Waals surface area contributed by atoms with Crippen LogP contribution in [0.25, 0.3) is 0 Å². The van der Waals surface area contributed by atoms with Gasteiger partial charge in [-0.3, -0.25) is 0 Å². The number of aromatic nitrogens is 2. The molecule has 0 atom stereocenters.